The van der Waals surface area contributed by atoms with E-state index >= 15 is 0 Å². The highest BCUT2D eigenvalue weighted by atomic mass is 16.5. The number of methoxy groups -OCH3 is 1. The highest BCUT2D eigenvalue weighted by molar-refractivity contribution is 5.67. The number of aryl methyl sites for hydroxylation is 1. The summed E-state index contributed by atoms with van der Waals surface area (Å²) in [5.74, 6) is 0.670. The van der Waals surface area contributed by atoms with Crippen molar-refractivity contribution in [3.8, 4) is 22.6 Å². The fraction of sp³-hybridized carbons (Fsp3) is 0.200. The van der Waals surface area contributed by atoms with Gasteiger partial charge in [0.25, 0.3) is 0 Å². The molecule has 2 rings (SSSR count). The number of hydrogen-bond donors (Lipinski definition) is 1. The van der Waals surface area contributed by atoms with Gasteiger partial charge in [0.1, 0.15) is 0 Å². The molecule has 0 radical (unpaired) electrons. The van der Waals surface area contributed by atoms with Crippen LogP contribution in [0.4, 0.5) is 0 Å². The van der Waals surface area contributed by atoms with Gasteiger partial charge in [-0.05, 0) is 35.2 Å². The Morgan fingerprint density at radius 1 is 1.00 bits per heavy atom. The van der Waals surface area contributed by atoms with Crippen molar-refractivity contribution in [3.63, 3.8) is 0 Å². The molecule has 2 nitrogen and oxygen atoms in total. The molecule has 0 amide bonds. The molecule has 0 unspecified atom stereocenters. The van der Waals surface area contributed by atoms with E-state index < -0.39 is 0 Å². The Labute approximate surface area is 101 Å². The molecule has 2 aromatic carbocycles. The monoisotopic (exact) mass is 228 g/mol. The van der Waals surface area contributed by atoms with Gasteiger partial charge in [0.2, 0.25) is 0 Å². The van der Waals surface area contributed by atoms with E-state index in [-0.39, 0.29) is 5.75 Å². The van der Waals surface area contributed by atoms with Crippen LogP contribution in [0, 0.1) is 0 Å². The van der Waals surface area contributed by atoms with E-state index in [0.29, 0.717) is 5.75 Å². The van der Waals surface area contributed by atoms with Gasteiger partial charge in [0, 0.05) is 0 Å². The maximum Gasteiger partial charge on any atom is 0.160 e. The standard InChI is InChI=1S/C15H16O2/c1-3-11-4-6-12(7-5-11)13-8-9-15(17-2)14(16)10-13/h4-10,16H,3H2,1-2H3. The highest BCUT2D eigenvalue weighted by Crippen LogP contribution is 2.31. The molecule has 17 heavy (non-hydrogen) atoms. The van der Waals surface area contributed by atoms with Gasteiger partial charge in [-0.15, -0.1) is 0 Å². The predicted molar refractivity (Wildman–Crippen MR) is 69.5 cm³/mol. The minimum Gasteiger partial charge on any atom is -0.504 e. The second-order valence-corrected chi connectivity index (χ2v) is 3.94. The van der Waals surface area contributed by atoms with E-state index in [9.17, 15) is 5.11 Å². The summed E-state index contributed by atoms with van der Waals surface area (Å²) in [6.45, 7) is 2.13. The highest BCUT2D eigenvalue weighted by Gasteiger charge is 2.04. The maximum atomic E-state index is 9.73. The number of benzene rings is 2. The molecule has 0 atom stereocenters. The molecule has 2 heteroatoms. The number of rotatable bonds is 3. The summed E-state index contributed by atoms with van der Waals surface area (Å²) in [6, 6.07) is 13.8. The van der Waals surface area contributed by atoms with E-state index in [4.69, 9.17) is 4.74 Å². The first-order valence-electron chi connectivity index (χ1n) is 5.71. The average Bonchev–Trinajstić information content (AvgIpc) is 2.39. The summed E-state index contributed by atoms with van der Waals surface area (Å²) >= 11 is 0. The lowest BCUT2D eigenvalue weighted by atomic mass is 10.0. The first kappa shape index (κ1) is 11.5. The summed E-state index contributed by atoms with van der Waals surface area (Å²) in [5.41, 5.74) is 3.40. The van der Waals surface area contributed by atoms with Gasteiger partial charge in [-0.25, -0.2) is 0 Å². The number of ether oxygens (including phenoxy) is 1. The van der Waals surface area contributed by atoms with Crippen LogP contribution in [0.1, 0.15) is 12.5 Å². The fourth-order valence-corrected chi connectivity index (χ4v) is 1.80. The normalized spacial score (nSPS) is 10.2. The van der Waals surface area contributed by atoms with Crippen LogP contribution in [0.2, 0.25) is 0 Å². The fourth-order valence-electron chi connectivity index (χ4n) is 1.80. The molecule has 0 aliphatic rings. The number of aromatic hydroxyl groups is 1. The molecular formula is C15H16O2. The van der Waals surface area contributed by atoms with Crippen LogP contribution in [0.3, 0.4) is 0 Å². The average molecular weight is 228 g/mol. The minimum absolute atomic E-state index is 0.171. The summed E-state index contributed by atoms with van der Waals surface area (Å²) < 4.78 is 5.02. The summed E-state index contributed by atoms with van der Waals surface area (Å²) in [7, 11) is 1.55. The van der Waals surface area contributed by atoms with Gasteiger partial charge in [-0.3, -0.25) is 0 Å². The van der Waals surface area contributed by atoms with E-state index in [1.165, 1.54) is 5.56 Å². The Bertz CT molecular complexity index is 501. The van der Waals surface area contributed by atoms with Crippen molar-refractivity contribution in [2.75, 3.05) is 7.11 Å². The molecule has 88 valence electrons. The zero-order chi connectivity index (χ0) is 12.3. The largest absolute Gasteiger partial charge is 0.504 e. The molecule has 0 heterocycles. The number of phenolic OH excluding ortho intramolecular Hbond substituents is 1. The van der Waals surface area contributed by atoms with Crippen LogP contribution in [-0.2, 0) is 6.42 Å². The topological polar surface area (TPSA) is 29.5 Å². The van der Waals surface area contributed by atoms with Crippen molar-refractivity contribution in [1.82, 2.24) is 0 Å². The van der Waals surface area contributed by atoms with Gasteiger partial charge in [0.15, 0.2) is 11.5 Å². The summed E-state index contributed by atoms with van der Waals surface area (Å²) in [4.78, 5) is 0. The molecule has 0 aromatic heterocycles. The summed E-state index contributed by atoms with van der Waals surface area (Å²) in [6.07, 6.45) is 1.04. The minimum atomic E-state index is 0.171. The lowest BCUT2D eigenvalue weighted by molar-refractivity contribution is 0.373. The molecule has 0 spiro atoms. The molecule has 0 aliphatic carbocycles. The molecule has 0 saturated carbocycles. The van der Waals surface area contributed by atoms with Crippen LogP contribution in [-0.4, -0.2) is 12.2 Å². The van der Waals surface area contributed by atoms with Gasteiger partial charge in [-0.1, -0.05) is 37.3 Å². The lowest BCUT2D eigenvalue weighted by Crippen LogP contribution is -1.85. The molecule has 0 saturated heterocycles. The Hall–Kier alpha value is -1.96. The third-order valence-electron chi connectivity index (χ3n) is 2.87. The smallest absolute Gasteiger partial charge is 0.160 e. The van der Waals surface area contributed by atoms with Crippen LogP contribution in [0.5, 0.6) is 11.5 Å². The SMILES string of the molecule is CCc1ccc(-c2ccc(OC)c(O)c2)cc1. The number of hydrogen-bond acceptors (Lipinski definition) is 2. The quantitative estimate of drug-likeness (QED) is 0.869. The molecule has 0 aliphatic heterocycles. The van der Waals surface area contributed by atoms with Crippen molar-refractivity contribution in [1.29, 1.82) is 0 Å². The number of phenols is 1. The van der Waals surface area contributed by atoms with Crippen LogP contribution >= 0.6 is 0 Å². The molecular weight excluding hydrogens is 212 g/mol. The molecule has 1 N–H and O–H groups in total. The van der Waals surface area contributed by atoms with Crippen molar-refractivity contribution < 1.29 is 9.84 Å². The first-order chi connectivity index (χ1) is 8.24. The lowest BCUT2D eigenvalue weighted by Gasteiger charge is -2.07. The zero-order valence-electron chi connectivity index (χ0n) is 10.1. The summed E-state index contributed by atoms with van der Waals surface area (Å²) in [5, 5.41) is 9.73. The van der Waals surface area contributed by atoms with E-state index in [1.54, 1.807) is 19.2 Å². The second-order valence-electron chi connectivity index (χ2n) is 3.94. The van der Waals surface area contributed by atoms with Crippen molar-refractivity contribution in [3.05, 3.63) is 48.0 Å². The molecule has 2 aromatic rings. The van der Waals surface area contributed by atoms with Gasteiger partial charge >= 0.3 is 0 Å². The third-order valence-corrected chi connectivity index (χ3v) is 2.87. The molecule has 0 bridgehead atoms. The van der Waals surface area contributed by atoms with Crippen molar-refractivity contribution in [2.24, 2.45) is 0 Å². The van der Waals surface area contributed by atoms with Crippen molar-refractivity contribution in [2.45, 2.75) is 13.3 Å². The zero-order valence-corrected chi connectivity index (χ0v) is 10.1. The molecule has 0 fully saturated rings. The van der Waals surface area contributed by atoms with Gasteiger partial charge in [-0.2, -0.15) is 0 Å². The van der Waals surface area contributed by atoms with Crippen LogP contribution in [0.25, 0.3) is 11.1 Å². The van der Waals surface area contributed by atoms with Crippen LogP contribution in [0.15, 0.2) is 42.5 Å². The van der Waals surface area contributed by atoms with Crippen molar-refractivity contribution >= 4 is 0 Å². The van der Waals surface area contributed by atoms with Gasteiger partial charge in [0.05, 0.1) is 7.11 Å². The van der Waals surface area contributed by atoms with E-state index in [1.807, 2.05) is 6.07 Å². The first-order valence-corrected chi connectivity index (χ1v) is 5.71. The third kappa shape index (κ3) is 2.41. The van der Waals surface area contributed by atoms with Crippen LogP contribution < -0.4 is 4.74 Å². The Kier molecular flexibility index (Phi) is 3.33. The predicted octanol–water partition coefficient (Wildman–Crippen LogP) is 3.63. The Morgan fingerprint density at radius 2 is 1.65 bits per heavy atom. The van der Waals surface area contributed by atoms with E-state index in [2.05, 4.69) is 31.2 Å². The Balaban J connectivity index is 2.35. The van der Waals surface area contributed by atoms with Gasteiger partial charge < -0.3 is 9.84 Å². The van der Waals surface area contributed by atoms with E-state index in [0.717, 1.165) is 17.5 Å². The second kappa shape index (κ2) is 4.91. The maximum absolute atomic E-state index is 9.73. The Morgan fingerprint density at radius 3 is 2.18 bits per heavy atom.